The summed E-state index contributed by atoms with van der Waals surface area (Å²) in [7, 11) is 1.70. The number of hydrogen-bond acceptors (Lipinski definition) is 4. The van der Waals surface area contributed by atoms with Crippen molar-refractivity contribution in [3.05, 3.63) is 12.0 Å². The van der Waals surface area contributed by atoms with Crippen LogP contribution in [0.1, 0.15) is 31.4 Å². The molecule has 14 heavy (non-hydrogen) atoms. The lowest BCUT2D eigenvalue weighted by Gasteiger charge is -2.18. The van der Waals surface area contributed by atoms with E-state index >= 15 is 0 Å². The highest BCUT2D eigenvalue weighted by molar-refractivity contribution is 5.86. The van der Waals surface area contributed by atoms with E-state index in [0.717, 1.165) is 0 Å². The van der Waals surface area contributed by atoms with Crippen LogP contribution < -0.4 is 5.73 Å². The first-order valence-electron chi connectivity index (χ1n) is 4.32. The molecule has 1 aromatic rings. The first-order chi connectivity index (χ1) is 6.29. The van der Waals surface area contributed by atoms with Crippen molar-refractivity contribution in [3.8, 4) is 0 Å². The summed E-state index contributed by atoms with van der Waals surface area (Å²) in [6, 6.07) is 0. The standard InChI is InChI=1S/C9H15N3O2/c1-9(2,3)14-8(13)7-11-6(10)5-12(7)4/h5H,10H2,1-4H3. The normalized spacial score (nSPS) is 11.4. The molecule has 1 aromatic heterocycles. The summed E-state index contributed by atoms with van der Waals surface area (Å²) in [5, 5.41) is 0. The molecule has 0 saturated heterocycles. The molecule has 0 aliphatic heterocycles. The van der Waals surface area contributed by atoms with Crippen LogP contribution in [-0.4, -0.2) is 21.1 Å². The Balaban J connectivity index is 2.85. The fraction of sp³-hybridized carbons (Fsp3) is 0.556. The summed E-state index contributed by atoms with van der Waals surface area (Å²) in [5.41, 5.74) is 4.93. The van der Waals surface area contributed by atoms with Gasteiger partial charge in [0.25, 0.3) is 0 Å². The molecule has 0 spiro atoms. The monoisotopic (exact) mass is 197 g/mol. The number of ether oxygens (including phenoxy) is 1. The van der Waals surface area contributed by atoms with Crippen LogP contribution in [0.25, 0.3) is 0 Å². The number of rotatable bonds is 1. The Kier molecular flexibility index (Phi) is 2.51. The van der Waals surface area contributed by atoms with Gasteiger partial charge in [0.05, 0.1) is 0 Å². The highest BCUT2D eigenvalue weighted by atomic mass is 16.6. The predicted molar refractivity (Wildman–Crippen MR) is 52.8 cm³/mol. The van der Waals surface area contributed by atoms with E-state index in [1.54, 1.807) is 38.6 Å². The molecule has 0 saturated carbocycles. The van der Waals surface area contributed by atoms with Crippen molar-refractivity contribution in [3.63, 3.8) is 0 Å². The van der Waals surface area contributed by atoms with Crippen molar-refractivity contribution in [1.82, 2.24) is 9.55 Å². The molecule has 0 unspecified atom stereocenters. The van der Waals surface area contributed by atoms with E-state index in [9.17, 15) is 4.79 Å². The van der Waals surface area contributed by atoms with Crippen LogP contribution in [0.2, 0.25) is 0 Å². The van der Waals surface area contributed by atoms with Gasteiger partial charge >= 0.3 is 5.97 Å². The molecule has 5 heteroatoms. The van der Waals surface area contributed by atoms with Crippen LogP contribution in [0.15, 0.2) is 6.20 Å². The van der Waals surface area contributed by atoms with Gasteiger partial charge in [0.1, 0.15) is 11.4 Å². The van der Waals surface area contributed by atoms with Crippen LogP contribution in [0.5, 0.6) is 0 Å². The first kappa shape index (κ1) is 10.6. The number of carbonyl (C=O) groups is 1. The zero-order valence-corrected chi connectivity index (χ0v) is 8.87. The minimum Gasteiger partial charge on any atom is -0.454 e. The van der Waals surface area contributed by atoms with Crippen molar-refractivity contribution in [2.45, 2.75) is 26.4 Å². The van der Waals surface area contributed by atoms with Gasteiger partial charge in [-0.15, -0.1) is 0 Å². The van der Waals surface area contributed by atoms with Gasteiger partial charge in [-0.1, -0.05) is 0 Å². The van der Waals surface area contributed by atoms with Gasteiger partial charge in [0.15, 0.2) is 0 Å². The van der Waals surface area contributed by atoms with Crippen LogP contribution in [-0.2, 0) is 11.8 Å². The fourth-order valence-electron chi connectivity index (χ4n) is 1.00. The van der Waals surface area contributed by atoms with E-state index in [4.69, 9.17) is 10.5 Å². The molecule has 0 fully saturated rings. The number of aromatic nitrogens is 2. The summed E-state index contributed by atoms with van der Waals surface area (Å²) >= 11 is 0. The fourth-order valence-corrected chi connectivity index (χ4v) is 1.00. The minimum absolute atomic E-state index is 0.220. The van der Waals surface area contributed by atoms with E-state index in [-0.39, 0.29) is 5.82 Å². The van der Waals surface area contributed by atoms with Crippen LogP contribution in [0, 0.1) is 0 Å². The highest BCUT2D eigenvalue weighted by Crippen LogP contribution is 2.11. The second kappa shape index (κ2) is 3.32. The van der Waals surface area contributed by atoms with Gasteiger partial charge in [0.2, 0.25) is 5.82 Å². The van der Waals surface area contributed by atoms with E-state index < -0.39 is 11.6 Å². The van der Waals surface area contributed by atoms with E-state index in [2.05, 4.69) is 4.98 Å². The van der Waals surface area contributed by atoms with E-state index in [1.165, 1.54) is 0 Å². The van der Waals surface area contributed by atoms with Crippen molar-refractivity contribution in [2.24, 2.45) is 7.05 Å². The number of carbonyl (C=O) groups excluding carboxylic acids is 1. The Morgan fingerprint density at radius 2 is 2.14 bits per heavy atom. The van der Waals surface area contributed by atoms with Crippen molar-refractivity contribution >= 4 is 11.8 Å². The summed E-state index contributed by atoms with van der Waals surface area (Å²) in [4.78, 5) is 15.4. The van der Waals surface area contributed by atoms with Crippen molar-refractivity contribution in [1.29, 1.82) is 0 Å². The van der Waals surface area contributed by atoms with Gasteiger partial charge in [-0.3, -0.25) is 0 Å². The Morgan fingerprint density at radius 1 is 1.57 bits per heavy atom. The second-order valence-electron chi connectivity index (χ2n) is 4.10. The highest BCUT2D eigenvalue weighted by Gasteiger charge is 2.21. The van der Waals surface area contributed by atoms with Crippen molar-refractivity contribution in [2.75, 3.05) is 5.73 Å². The lowest BCUT2D eigenvalue weighted by Crippen LogP contribution is -2.25. The van der Waals surface area contributed by atoms with Gasteiger partial charge in [-0.2, -0.15) is 0 Å². The third-order valence-electron chi connectivity index (χ3n) is 1.48. The maximum absolute atomic E-state index is 11.5. The lowest BCUT2D eigenvalue weighted by atomic mass is 10.2. The molecule has 0 amide bonds. The molecular formula is C9H15N3O2. The summed E-state index contributed by atoms with van der Waals surface area (Å²) in [6.45, 7) is 5.41. The van der Waals surface area contributed by atoms with E-state index in [0.29, 0.717) is 5.82 Å². The Labute approximate surface area is 82.9 Å². The molecule has 0 aliphatic carbocycles. The van der Waals surface area contributed by atoms with Crippen LogP contribution in [0.4, 0.5) is 5.82 Å². The molecular weight excluding hydrogens is 182 g/mol. The third kappa shape index (κ3) is 2.48. The number of esters is 1. The molecule has 5 nitrogen and oxygen atoms in total. The molecule has 0 bridgehead atoms. The Bertz CT molecular complexity index is 349. The number of nitrogens with two attached hydrogens (primary N) is 1. The zero-order valence-electron chi connectivity index (χ0n) is 8.87. The molecule has 0 atom stereocenters. The number of nitrogens with zero attached hydrogens (tertiary/aromatic N) is 2. The Morgan fingerprint density at radius 3 is 2.50 bits per heavy atom. The molecule has 0 aromatic carbocycles. The average molecular weight is 197 g/mol. The van der Waals surface area contributed by atoms with Crippen molar-refractivity contribution < 1.29 is 9.53 Å². The van der Waals surface area contributed by atoms with Gasteiger partial charge in [0, 0.05) is 13.2 Å². The molecule has 2 N–H and O–H groups in total. The average Bonchev–Trinajstić information content (AvgIpc) is 2.26. The smallest absolute Gasteiger partial charge is 0.375 e. The molecule has 1 rings (SSSR count). The largest absolute Gasteiger partial charge is 0.454 e. The molecule has 0 radical (unpaired) electrons. The van der Waals surface area contributed by atoms with Crippen LogP contribution in [0.3, 0.4) is 0 Å². The predicted octanol–water partition coefficient (Wildman–Crippen LogP) is 0.958. The first-order valence-corrected chi connectivity index (χ1v) is 4.32. The minimum atomic E-state index is -0.516. The summed E-state index contributed by atoms with van der Waals surface area (Å²) in [6.07, 6.45) is 1.57. The molecule has 0 aliphatic rings. The lowest BCUT2D eigenvalue weighted by molar-refractivity contribution is 0.00520. The molecule has 1 heterocycles. The summed E-state index contributed by atoms with van der Waals surface area (Å²) in [5.74, 6) is 0.0717. The van der Waals surface area contributed by atoms with Gasteiger partial charge in [-0.25, -0.2) is 9.78 Å². The number of nitrogen functional groups attached to an aromatic ring is 1. The van der Waals surface area contributed by atoms with E-state index in [1.807, 2.05) is 0 Å². The third-order valence-corrected chi connectivity index (χ3v) is 1.48. The van der Waals surface area contributed by atoms with Gasteiger partial charge < -0.3 is 15.0 Å². The second-order valence-corrected chi connectivity index (χ2v) is 4.10. The Hall–Kier alpha value is -1.52. The molecule has 78 valence electrons. The number of hydrogen-bond donors (Lipinski definition) is 1. The SMILES string of the molecule is Cn1cc(N)nc1C(=O)OC(C)(C)C. The van der Waals surface area contributed by atoms with Gasteiger partial charge in [-0.05, 0) is 20.8 Å². The maximum Gasteiger partial charge on any atom is 0.375 e. The summed E-state index contributed by atoms with van der Waals surface area (Å²) < 4.78 is 6.69. The quantitative estimate of drug-likeness (QED) is 0.681. The zero-order chi connectivity index (χ0) is 10.9. The number of anilines is 1. The number of aryl methyl sites for hydroxylation is 1. The van der Waals surface area contributed by atoms with Crippen LogP contribution >= 0.6 is 0 Å². The maximum atomic E-state index is 11.5. The number of imidazole rings is 1. The topological polar surface area (TPSA) is 70.1 Å².